The second-order valence-corrected chi connectivity index (χ2v) is 10.3. The van der Waals surface area contributed by atoms with Crippen molar-refractivity contribution >= 4 is 35.2 Å². The molecule has 1 unspecified atom stereocenters. The monoisotopic (exact) mass is 472 g/mol. The van der Waals surface area contributed by atoms with Gasteiger partial charge in [-0.15, -0.1) is 11.3 Å². The van der Waals surface area contributed by atoms with E-state index in [-0.39, 0.29) is 29.9 Å². The normalized spacial score (nSPS) is 23.7. The van der Waals surface area contributed by atoms with Gasteiger partial charge in [-0.05, 0) is 38.0 Å². The first kappa shape index (κ1) is 24.0. The van der Waals surface area contributed by atoms with E-state index in [1.54, 1.807) is 11.0 Å². The summed E-state index contributed by atoms with van der Waals surface area (Å²) in [5, 5.41) is 21.3. The molecule has 1 aromatic rings. The number of ether oxygens (including phenoxy) is 1. The van der Waals surface area contributed by atoms with Crippen LogP contribution >= 0.6 is 23.1 Å². The average Bonchev–Trinajstić information content (AvgIpc) is 3.27. The zero-order valence-corrected chi connectivity index (χ0v) is 19.2. The molecule has 172 valence electrons. The van der Waals surface area contributed by atoms with E-state index in [9.17, 15) is 19.1 Å². The molecule has 2 heterocycles. The number of aromatic nitrogens is 1. The van der Waals surface area contributed by atoms with Crippen molar-refractivity contribution in [1.29, 1.82) is 0 Å². The maximum atomic E-state index is 12.5. The summed E-state index contributed by atoms with van der Waals surface area (Å²) in [4.78, 5) is 28.9. The Morgan fingerprint density at radius 2 is 2.29 bits per heavy atom. The number of aliphatic hydroxyl groups excluding tert-OH is 1. The number of amides is 1. The molecule has 2 fully saturated rings. The Bertz CT molecular complexity index is 798. The van der Waals surface area contributed by atoms with Gasteiger partial charge in [0, 0.05) is 17.7 Å². The van der Waals surface area contributed by atoms with Crippen LogP contribution in [-0.2, 0) is 4.74 Å². The third kappa shape index (κ3) is 5.78. The number of hydrogen-bond acceptors (Lipinski definition) is 7. The Hall–Kier alpha value is -1.65. The quantitative estimate of drug-likeness (QED) is 0.265. The second kappa shape index (κ2) is 10.8. The van der Waals surface area contributed by atoms with Crippen molar-refractivity contribution in [3.8, 4) is 0 Å². The first-order valence-electron chi connectivity index (χ1n) is 10.6. The molecule has 3 atom stereocenters. The summed E-state index contributed by atoms with van der Waals surface area (Å²) in [6.45, 7) is 1.92. The first-order chi connectivity index (χ1) is 14.9. The Balaban J connectivity index is 1.56. The number of cyclic esters (lactones) is 1. The standard InChI is InChI=1S/C21H29FN2O5S2/c1-14-16(5-6-17(25)21(8-4-9-21)7-2-3-10-22)24(20(28)29-14)11-12-30-19-23-15(13-31-19)18(26)27/h5-6,13-14,16-17,25H,2-4,7-12H2,1H3,(H,26,27)/b6-5+/t14-,16-,17?/m0/s1. The lowest BCUT2D eigenvalue weighted by atomic mass is 9.62. The number of alkyl halides is 1. The predicted molar refractivity (Wildman–Crippen MR) is 117 cm³/mol. The molecule has 1 saturated carbocycles. The molecule has 1 aliphatic heterocycles. The number of carboxylic acids is 1. The minimum absolute atomic E-state index is 0.0212. The molecule has 2 aliphatic rings. The highest BCUT2D eigenvalue weighted by molar-refractivity contribution is 8.01. The van der Waals surface area contributed by atoms with E-state index in [0.717, 1.165) is 32.1 Å². The van der Waals surface area contributed by atoms with Gasteiger partial charge in [0.05, 0.1) is 18.8 Å². The molecule has 0 bridgehead atoms. The van der Waals surface area contributed by atoms with Gasteiger partial charge in [-0.1, -0.05) is 36.8 Å². The summed E-state index contributed by atoms with van der Waals surface area (Å²) in [5.74, 6) is -0.508. The van der Waals surface area contributed by atoms with Crippen molar-refractivity contribution in [3.63, 3.8) is 0 Å². The number of halogens is 1. The number of carbonyl (C=O) groups excluding carboxylic acids is 1. The van der Waals surface area contributed by atoms with Gasteiger partial charge >= 0.3 is 12.1 Å². The number of aromatic carboxylic acids is 1. The van der Waals surface area contributed by atoms with E-state index in [1.165, 1.54) is 28.5 Å². The molecule has 1 aromatic heterocycles. The van der Waals surface area contributed by atoms with Gasteiger partial charge in [0.15, 0.2) is 10.0 Å². The highest BCUT2D eigenvalue weighted by atomic mass is 32.2. The van der Waals surface area contributed by atoms with Gasteiger partial charge < -0.3 is 14.9 Å². The van der Waals surface area contributed by atoms with Crippen LogP contribution in [0.4, 0.5) is 9.18 Å². The minimum Gasteiger partial charge on any atom is -0.476 e. The lowest BCUT2D eigenvalue weighted by Crippen LogP contribution is -2.41. The van der Waals surface area contributed by atoms with Crippen molar-refractivity contribution in [2.24, 2.45) is 5.41 Å². The van der Waals surface area contributed by atoms with Crippen LogP contribution in [0.2, 0.25) is 0 Å². The molecule has 31 heavy (non-hydrogen) atoms. The highest BCUT2D eigenvalue weighted by Crippen LogP contribution is 2.48. The third-order valence-electron chi connectivity index (χ3n) is 6.15. The van der Waals surface area contributed by atoms with Gasteiger partial charge in [-0.2, -0.15) is 0 Å². The number of thiazole rings is 1. The number of hydrogen-bond donors (Lipinski definition) is 2. The molecular weight excluding hydrogens is 443 g/mol. The Morgan fingerprint density at radius 3 is 2.90 bits per heavy atom. The number of carbonyl (C=O) groups is 2. The van der Waals surface area contributed by atoms with Crippen molar-refractivity contribution < 1.29 is 28.9 Å². The molecule has 2 N–H and O–H groups in total. The van der Waals surface area contributed by atoms with Crippen LogP contribution in [0, 0.1) is 5.41 Å². The second-order valence-electron chi connectivity index (χ2n) is 8.12. The SMILES string of the molecule is C[C@@H]1OC(=O)N(CCSc2nc(C(=O)O)cs2)[C@H]1/C=C/C(O)C1(CCCCF)CCC1. The van der Waals surface area contributed by atoms with Crippen LogP contribution in [-0.4, -0.2) is 69.4 Å². The van der Waals surface area contributed by atoms with Crippen molar-refractivity contribution in [1.82, 2.24) is 9.88 Å². The smallest absolute Gasteiger partial charge is 0.410 e. The highest BCUT2D eigenvalue weighted by Gasteiger charge is 2.42. The molecule has 0 spiro atoms. The first-order valence-corrected chi connectivity index (χ1v) is 12.4. The zero-order valence-electron chi connectivity index (χ0n) is 17.5. The predicted octanol–water partition coefficient (Wildman–Crippen LogP) is 4.37. The summed E-state index contributed by atoms with van der Waals surface area (Å²) in [7, 11) is 0. The van der Waals surface area contributed by atoms with Gasteiger partial charge in [-0.3, -0.25) is 9.29 Å². The van der Waals surface area contributed by atoms with Crippen LogP contribution < -0.4 is 0 Å². The van der Waals surface area contributed by atoms with Crippen molar-refractivity contribution in [3.05, 3.63) is 23.2 Å². The van der Waals surface area contributed by atoms with Crippen LogP contribution in [0.15, 0.2) is 21.9 Å². The summed E-state index contributed by atoms with van der Waals surface area (Å²) in [5.41, 5.74) is -0.154. The molecule has 7 nitrogen and oxygen atoms in total. The molecule has 10 heteroatoms. The number of nitrogens with zero attached hydrogens (tertiary/aromatic N) is 2. The molecule has 3 rings (SSSR count). The Kier molecular flexibility index (Phi) is 8.35. The third-order valence-corrected chi connectivity index (χ3v) is 8.15. The maximum Gasteiger partial charge on any atom is 0.410 e. The summed E-state index contributed by atoms with van der Waals surface area (Å²) in [6.07, 6.45) is 7.34. The van der Waals surface area contributed by atoms with E-state index >= 15 is 0 Å². The zero-order chi connectivity index (χ0) is 22.4. The molecule has 0 aromatic carbocycles. The van der Waals surface area contributed by atoms with Crippen LogP contribution in [0.25, 0.3) is 0 Å². The summed E-state index contributed by atoms with van der Waals surface area (Å²) < 4.78 is 18.5. The molecule has 1 aliphatic carbocycles. The van der Waals surface area contributed by atoms with Crippen LogP contribution in [0.5, 0.6) is 0 Å². The van der Waals surface area contributed by atoms with Gasteiger partial charge in [0.1, 0.15) is 6.10 Å². The fourth-order valence-corrected chi connectivity index (χ4v) is 5.95. The topological polar surface area (TPSA) is 100.0 Å². The van der Waals surface area contributed by atoms with E-state index in [2.05, 4.69) is 4.98 Å². The van der Waals surface area contributed by atoms with E-state index in [1.807, 2.05) is 13.0 Å². The summed E-state index contributed by atoms with van der Waals surface area (Å²) in [6, 6.07) is -0.281. The minimum atomic E-state index is -1.06. The van der Waals surface area contributed by atoms with Crippen LogP contribution in [0.1, 0.15) is 55.9 Å². The van der Waals surface area contributed by atoms with Gasteiger partial charge in [-0.25, -0.2) is 14.6 Å². The molecular formula is C21H29FN2O5S2. The fourth-order valence-electron chi connectivity index (χ4n) is 4.14. The van der Waals surface area contributed by atoms with Crippen molar-refractivity contribution in [2.75, 3.05) is 19.0 Å². The van der Waals surface area contributed by atoms with E-state index in [0.29, 0.717) is 23.1 Å². The van der Waals surface area contributed by atoms with Gasteiger partial charge in [0.2, 0.25) is 0 Å². The lowest BCUT2D eigenvalue weighted by Gasteiger charge is -2.45. The van der Waals surface area contributed by atoms with Gasteiger partial charge in [0.25, 0.3) is 0 Å². The number of aliphatic hydroxyl groups is 1. The molecule has 0 radical (unpaired) electrons. The largest absolute Gasteiger partial charge is 0.476 e. The Morgan fingerprint density at radius 1 is 1.52 bits per heavy atom. The lowest BCUT2D eigenvalue weighted by molar-refractivity contribution is -0.0148. The number of thioether (sulfide) groups is 1. The molecule has 1 amide bonds. The molecule has 1 saturated heterocycles. The number of unbranched alkanes of at least 4 members (excludes halogenated alkanes) is 1. The number of rotatable bonds is 12. The number of carboxylic acid groups (broad SMARTS) is 1. The van der Waals surface area contributed by atoms with E-state index in [4.69, 9.17) is 9.84 Å². The summed E-state index contributed by atoms with van der Waals surface area (Å²) >= 11 is 2.66. The Labute approximate surface area is 189 Å². The average molecular weight is 473 g/mol. The fraction of sp³-hybridized carbons (Fsp3) is 0.667. The van der Waals surface area contributed by atoms with Crippen molar-refractivity contribution in [2.45, 2.75) is 68.0 Å². The van der Waals surface area contributed by atoms with Crippen LogP contribution in [0.3, 0.4) is 0 Å². The maximum absolute atomic E-state index is 12.5. The van der Waals surface area contributed by atoms with E-state index < -0.39 is 18.2 Å².